The zero-order valence-electron chi connectivity index (χ0n) is 10.9. The van der Waals surface area contributed by atoms with Crippen LogP contribution in [0.1, 0.15) is 51.4 Å². The molecule has 0 heterocycles. The van der Waals surface area contributed by atoms with Crippen LogP contribution in [0.2, 0.25) is 0 Å². The van der Waals surface area contributed by atoms with Crippen molar-refractivity contribution in [2.24, 2.45) is 0 Å². The van der Waals surface area contributed by atoms with E-state index in [2.05, 4.69) is 0 Å². The standard InChI is InChI=1S/C14H26O3/c1-2-6-13(5-1)16-11-9-15-10-12-17-14-7-3-4-8-14/h13-14H,1-12H2. The molecule has 0 spiro atoms. The molecule has 2 aliphatic carbocycles. The third-order valence-corrected chi connectivity index (χ3v) is 3.77. The third kappa shape index (κ3) is 5.36. The lowest BCUT2D eigenvalue weighted by Gasteiger charge is -2.12. The van der Waals surface area contributed by atoms with Crippen LogP contribution in [0.15, 0.2) is 0 Å². The summed E-state index contributed by atoms with van der Waals surface area (Å²) in [6.45, 7) is 2.91. The van der Waals surface area contributed by atoms with E-state index in [1.54, 1.807) is 0 Å². The van der Waals surface area contributed by atoms with Crippen LogP contribution in [0.4, 0.5) is 0 Å². The zero-order chi connectivity index (χ0) is 11.8. The predicted molar refractivity (Wildman–Crippen MR) is 67.2 cm³/mol. The summed E-state index contributed by atoms with van der Waals surface area (Å²) in [4.78, 5) is 0. The van der Waals surface area contributed by atoms with Crippen LogP contribution >= 0.6 is 0 Å². The van der Waals surface area contributed by atoms with Crippen LogP contribution in [0.5, 0.6) is 0 Å². The quantitative estimate of drug-likeness (QED) is 0.612. The highest BCUT2D eigenvalue weighted by Gasteiger charge is 2.15. The summed E-state index contributed by atoms with van der Waals surface area (Å²) < 4.78 is 16.9. The minimum Gasteiger partial charge on any atom is -0.377 e. The topological polar surface area (TPSA) is 27.7 Å². The van der Waals surface area contributed by atoms with E-state index in [-0.39, 0.29) is 0 Å². The summed E-state index contributed by atoms with van der Waals surface area (Å²) in [5, 5.41) is 0. The highest BCUT2D eigenvalue weighted by atomic mass is 16.5. The minimum atomic E-state index is 0.508. The fourth-order valence-corrected chi connectivity index (χ4v) is 2.76. The monoisotopic (exact) mass is 242 g/mol. The van der Waals surface area contributed by atoms with Gasteiger partial charge in [0.1, 0.15) is 0 Å². The molecule has 2 aliphatic rings. The summed E-state index contributed by atoms with van der Waals surface area (Å²) in [5.74, 6) is 0. The maximum Gasteiger partial charge on any atom is 0.0704 e. The van der Waals surface area contributed by atoms with E-state index in [1.165, 1.54) is 51.4 Å². The summed E-state index contributed by atoms with van der Waals surface area (Å²) in [6, 6.07) is 0. The van der Waals surface area contributed by atoms with Crippen molar-refractivity contribution in [2.45, 2.75) is 63.6 Å². The van der Waals surface area contributed by atoms with E-state index in [4.69, 9.17) is 14.2 Å². The van der Waals surface area contributed by atoms with Gasteiger partial charge in [-0.15, -0.1) is 0 Å². The number of rotatable bonds is 8. The molecule has 2 fully saturated rings. The Kier molecular flexibility index (Phi) is 6.32. The number of ether oxygens (including phenoxy) is 3. The Labute approximate surface area is 105 Å². The van der Waals surface area contributed by atoms with E-state index < -0.39 is 0 Å². The zero-order valence-corrected chi connectivity index (χ0v) is 10.9. The second-order valence-electron chi connectivity index (χ2n) is 5.17. The molecule has 0 aliphatic heterocycles. The van der Waals surface area contributed by atoms with E-state index >= 15 is 0 Å². The third-order valence-electron chi connectivity index (χ3n) is 3.77. The predicted octanol–water partition coefficient (Wildman–Crippen LogP) is 2.92. The molecule has 0 N–H and O–H groups in total. The minimum absolute atomic E-state index is 0.508. The first-order valence-electron chi connectivity index (χ1n) is 7.26. The molecule has 0 saturated heterocycles. The average molecular weight is 242 g/mol. The van der Waals surface area contributed by atoms with Crippen molar-refractivity contribution in [1.82, 2.24) is 0 Å². The molecule has 0 aromatic carbocycles. The summed E-state index contributed by atoms with van der Waals surface area (Å²) in [5.41, 5.74) is 0. The van der Waals surface area contributed by atoms with Crippen molar-refractivity contribution in [1.29, 1.82) is 0 Å². The van der Waals surface area contributed by atoms with Crippen molar-refractivity contribution in [3.8, 4) is 0 Å². The Morgan fingerprint density at radius 2 is 1.00 bits per heavy atom. The fourth-order valence-electron chi connectivity index (χ4n) is 2.76. The molecule has 0 radical (unpaired) electrons. The van der Waals surface area contributed by atoms with Crippen LogP contribution in [0, 0.1) is 0 Å². The summed E-state index contributed by atoms with van der Waals surface area (Å²) >= 11 is 0. The second kappa shape index (κ2) is 8.06. The van der Waals surface area contributed by atoms with E-state index in [1.807, 2.05) is 0 Å². The summed E-state index contributed by atoms with van der Waals surface area (Å²) in [7, 11) is 0. The molecule has 2 rings (SSSR count). The number of hydrogen-bond acceptors (Lipinski definition) is 3. The highest BCUT2D eigenvalue weighted by Crippen LogP contribution is 2.21. The van der Waals surface area contributed by atoms with Crippen molar-refractivity contribution in [2.75, 3.05) is 26.4 Å². The van der Waals surface area contributed by atoms with Crippen LogP contribution in [-0.4, -0.2) is 38.6 Å². The lowest BCUT2D eigenvalue weighted by atomic mass is 10.3. The molecule has 0 bridgehead atoms. The Morgan fingerprint density at radius 3 is 1.41 bits per heavy atom. The highest BCUT2D eigenvalue weighted by molar-refractivity contribution is 4.67. The molecule has 0 aromatic rings. The Morgan fingerprint density at radius 1 is 0.588 bits per heavy atom. The van der Waals surface area contributed by atoms with Crippen LogP contribution in [-0.2, 0) is 14.2 Å². The van der Waals surface area contributed by atoms with Gasteiger partial charge in [0.05, 0.1) is 38.6 Å². The SMILES string of the molecule is C1CCC(OCCOCCOC2CCCC2)C1. The smallest absolute Gasteiger partial charge is 0.0704 e. The van der Waals surface area contributed by atoms with Gasteiger partial charge in [0.2, 0.25) is 0 Å². The van der Waals surface area contributed by atoms with Crippen molar-refractivity contribution < 1.29 is 14.2 Å². The van der Waals surface area contributed by atoms with Gasteiger partial charge in [0, 0.05) is 0 Å². The molecule has 3 nitrogen and oxygen atoms in total. The van der Waals surface area contributed by atoms with Gasteiger partial charge in [-0.25, -0.2) is 0 Å². The lowest BCUT2D eigenvalue weighted by molar-refractivity contribution is -0.0228. The molecular weight excluding hydrogens is 216 g/mol. The van der Waals surface area contributed by atoms with Gasteiger partial charge < -0.3 is 14.2 Å². The summed E-state index contributed by atoms with van der Waals surface area (Å²) in [6.07, 6.45) is 11.3. The first kappa shape index (κ1) is 13.3. The van der Waals surface area contributed by atoms with E-state index in [0.717, 1.165) is 13.2 Å². The van der Waals surface area contributed by atoms with Gasteiger partial charge in [0.15, 0.2) is 0 Å². The molecule has 0 atom stereocenters. The van der Waals surface area contributed by atoms with Gasteiger partial charge in [-0.3, -0.25) is 0 Å². The van der Waals surface area contributed by atoms with Gasteiger partial charge in [-0.1, -0.05) is 25.7 Å². The largest absolute Gasteiger partial charge is 0.377 e. The molecular formula is C14H26O3. The molecule has 0 amide bonds. The van der Waals surface area contributed by atoms with Gasteiger partial charge >= 0.3 is 0 Å². The van der Waals surface area contributed by atoms with Gasteiger partial charge in [-0.05, 0) is 25.7 Å². The Bertz CT molecular complexity index is 164. The van der Waals surface area contributed by atoms with Crippen LogP contribution < -0.4 is 0 Å². The average Bonchev–Trinajstić information content (AvgIpc) is 3.00. The molecule has 0 unspecified atom stereocenters. The molecule has 17 heavy (non-hydrogen) atoms. The van der Waals surface area contributed by atoms with Gasteiger partial charge in [-0.2, -0.15) is 0 Å². The normalized spacial score (nSPS) is 22.6. The van der Waals surface area contributed by atoms with Crippen LogP contribution in [0.3, 0.4) is 0 Å². The Hall–Kier alpha value is -0.120. The fraction of sp³-hybridized carbons (Fsp3) is 1.00. The first-order valence-corrected chi connectivity index (χ1v) is 7.26. The van der Waals surface area contributed by atoms with E-state index in [9.17, 15) is 0 Å². The molecule has 2 saturated carbocycles. The maximum absolute atomic E-state index is 5.72. The van der Waals surface area contributed by atoms with Crippen LogP contribution in [0.25, 0.3) is 0 Å². The van der Waals surface area contributed by atoms with Crippen molar-refractivity contribution in [3.05, 3.63) is 0 Å². The second-order valence-corrected chi connectivity index (χ2v) is 5.17. The van der Waals surface area contributed by atoms with Gasteiger partial charge in [0.25, 0.3) is 0 Å². The van der Waals surface area contributed by atoms with Crippen molar-refractivity contribution >= 4 is 0 Å². The molecule has 3 heteroatoms. The van der Waals surface area contributed by atoms with Crippen molar-refractivity contribution in [3.63, 3.8) is 0 Å². The molecule has 0 aromatic heterocycles. The van der Waals surface area contributed by atoms with E-state index in [0.29, 0.717) is 25.4 Å². The first-order chi connectivity index (χ1) is 8.45. The Balaban J connectivity index is 1.33. The number of hydrogen-bond donors (Lipinski definition) is 0. The maximum atomic E-state index is 5.72. The lowest BCUT2D eigenvalue weighted by Crippen LogP contribution is -2.16. The molecule has 100 valence electrons.